The maximum atomic E-state index is 12.4. The van der Waals surface area contributed by atoms with Gasteiger partial charge in [0, 0.05) is 30.1 Å². The molecule has 0 unspecified atom stereocenters. The van der Waals surface area contributed by atoms with Gasteiger partial charge in [-0.1, -0.05) is 12.1 Å². The van der Waals surface area contributed by atoms with E-state index in [2.05, 4.69) is 14.7 Å². The second kappa shape index (κ2) is 9.12. The fraction of sp³-hybridized carbons (Fsp3) is 0.182. The summed E-state index contributed by atoms with van der Waals surface area (Å²) in [4.78, 5) is 30.1. The van der Waals surface area contributed by atoms with Gasteiger partial charge in [-0.15, -0.1) is 15.7 Å². The van der Waals surface area contributed by atoms with Gasteiger partial charge in [0.25, 0.3) is 10.0 Å². The summed E-state index contributed by atoms with van der Waals surface area (Å²) in [6, 6.07) is 13.0. The topological polar surface area (TPSA) is 118 Å². The maximum Gasteiger partial charge on any atom is 0.338 e. The Labute approximate surface area is 194 Å². The third-order valence-electron chi connectivity index (χ3n) is 4.83. The average Bonchev–Trinajstić information content (AvgIpc) is 3.35. The van der Waals surface area contributed by atoms with Gasteiger partial charge in [0.05, 0.1) is 11.3 Å². The molecule has 2 aromatic carbocycles. The molecule has 1 amide bonds. The van der Waals surface area contributed by atoms with Crippen LogP contribution in [-0.2, 0) is 26.2 Å². The van der Waals surface area contributed by atoms with Gasteiger partial charge in [0.2, 0.25) is 5.91 Å². The fourth-order valence-electron chi connectivity index (χ4n) is 3.22. The molecule has 0 saturated carbocycles. The van der Waals surface area contributed by atoms with E-state index in [4.69, 9.17) is 4.74 Å². The Morgan fingerprint density at radius 1 is 1.12 bits per heavy atom. The highest BCUT2D eigenvalue weighted by atomic mass is 32.2. The highest BCUT2D eigenvalue weighted by Crippen LogP contribution is 2.27. The summed E-state index contributed by atoms with van der Waals surface area (Å²) in [5, 5.41) is 5.29. The van der Waals surface area contributed by atoms with Crippen molar-refractivity contribution in [2.75, 3.05) is 16.8 Å². The van der Waals surface area contributed by atoms with Crippen LogP contribution in [0.15, 0.2) is 63.2 Å². The number of carbonyl (C=O) groups is 2. The predicted octanol–water partition coefficient (Wildman–Crippen LogP) is 3.43. The van der Waals surface area contributed by atoms with Crippen molar-refractivity contribution in [1.29, 1.82) is 0 Å². The second-order valence-corrected chi connectivity index (χ2v) is 9.48. The number of esters is 1. The number of sulfonamides is 1. The standard InChI is InChI=1S/C22H20N4O5S2/c1-3-26(14(2)27)22-24-17(13-32-22)12-31-21(28)15-8-10-16(11-9-15)23-20-18-6-4-5-7-19(18)33(29,30)25-20/h4-11,13H,3,12H2,1-2H3,(H,23,25). The molecule has 0 radical (unpaired) electrons. The summed E-state index contributed by atoms with van der Waals surface area (Å²) in [5.74, 6) is -0.401. The van der Waals surface area contributed by atoms with Crippen molar-refractivity contribution in [1.82, 2.24) is 4.98 Å². The van der Waals surface area contributed by atoms with Crippen LogP contribution in [0.4, 0.5) is 10.8 Å². The molecule has 0 spiro atoms. The number of nitrogens with zero attached hydrogens (tertiary/aromatic N) is 3. The molecule has 0 saturated heterocycles. The van der Waals surface area contributed by atoms with Crippen molar-refractivity contribution in [2.45, 2.75) is 25.3 Å². The molecule has 4 rings (SSSR count). The van der Waals surface area contributed by atoms with Crippen molar-refractivity contribution in [3.63, 3.8) is 0 Å². The molecule has 1 aliphatic heterocycles. The molecule has 1 aromatic heterocycles. The molecule has 1 aliphatic rings. The minimum atomic E-state index is -3.72. The summed E-state index contributed by atoms with van der Waals surface area (Å²) >= 11 is 1.31. The largest absolute Gasteiger partial charge is 0.456 e. The summed E-state index contributed by atoms with van der Waals surface area (Å²) in [6.45, 7) is 3.82. The maximum absolute atomic E-state index is 12.4. The van der Waals surface area contributed by atoms with Crippen molar-refractivity contribution in [3.05, 3.63) is 70.7 Å². The highest BCUT2D eigenvalue weighted by molar-refractivity contribution is 7.90. The van der Waals surface area contributed by atoms with E-state index in [0.29, 0.717) is 34.2 Å². The van der Waals surface area contributed by atoms with Gasteiger partial charge in [0.1, 0.15) is 11.5 Å². The van der Waals surface area contributed by atoms with Crippen molar-refractivity contribution >= 4 is 49.9 Å². The number of anilines is 2. The Morgan fingerprint density at radius 2 is 1.85 bits per heavy atom. The smallest absolute Gasteiger partial charge is 0.338 e. The molecule has 2 heterocycles. The number of benzene rings is 2. The number of fused-ring (bicyclic) bond motifs is 1. The first-order chi connectivity index (χ1) is 15.8. The Hall–Kier alpha value is -3.57. The van der Waals surface area contributed by atoms with Crippen LogP contribution in [0.2, 0.25) is 0 Å². The molecule has 1 N–H and O–H groups in total. The number of hydrogen-bond donors (Lipinski definition) is 1. The Morgan fingerprint density at radius 3 is 2.55 bits per heavy atom. The van der Waals surface area contributed by atoms with Crippen LogP contribution < -0.4 is 10.2 Å². The predicted molar refractivity (Wildman–Crippen MR) is 125 cm³/mol. The lowest BCUT2D eigenvalue weighted by atomic mass is 10.1. The zero-order valence-corrected chi connectivity index (χ0v) is 19.4. The lowest BCUT2D eigenvalue weighted by Crippen LogP contribution is -2.27. The lowest BCUT2D eigenvalue weighted by Gasteiger charge is -2.14. The van der Waals surface area contributed by atoms with Crippen LogP contribution in [0.3, 0.4) is 0 Å². The van der Waals surface area contributed by atoms with Crippen LogP contribution in [0.5, 0.6) is 0 Å². The summed E-state index contributed by atoms with van der Waals surface area (Å²) < 4.78 is 33.4. The first kappa shape index (κ1) is 22.6. The van der Waals surface area contributed by atoms with E-state index in [-0.39, 0.29) is 23.2 Å². The van der Waals surface area contributed by atoms with Gasteiger partial charge in [-0.05, 0) is 43.3 Å². The molecule has 0 fully saturated rings. The lowest BCUT2D eigenvalue weighted by molar-refractivity contribution is -0.116. The number of thiazole rings is 1. The van der Waals surface area contributed by atoms with Gasteiger partial charge in [-0.25, -0.2) is 9.78 Å². The Kier molecular flexibility index (Phi) is 6.25. The van der Waals surface area contributed by atoms with Gasteiger partial charge in [0.15, 0.2) is 11.0 Å². The normalized spacial score (nSPS) is 13.7. The molecule has 33 heavy (non-hydrogen) atoms. The van der Waals surface area contributed by atoms with Gasteiger partial charge < -0.3 is 10.1 Å². The second-order valence-electron chi connectivity index (χ2n) is 7.07. The van der Waals surface area contributed by atoms with Crippen molar-refractivity contribution in [3.8, 4) is 0 Å². The molecular formula is C22H20N4O5S2. The molecule has 0 aliphatic carbocycles. The highest BCUT2D eigenvalue weighted by Gasteiger charge is 2.28. The van der Waals surface area contributed by atoms with E-state index in [1.165, 1.54) is 24.3 Å². The number of aromatic nitrogens is 1. The first-order valence-electron chi connectivity index (χ1n) is 9.99. The van der Waals surface area contributed by atoms with Crippen molar-refractivity contribution in [2.24, 2.45) is 4.40 Å². The molecule has 0 atom stereocenters. The number of hydrogen-bond acceptors (Lipinski definition) is 8. The molecule has 11 heteroatoms. The molecule has 9 nitrogen and oxygen atoms in total. The van der Waals surface area contributed by atoms with Gasteiger partial charge in [-0.3, -0.25) is 9.69 Å². The van der Waals surface area contributed by atoms with Crippen LogP contribution in [0.1, 0.15) is 35.5 Å². The van der Waals surface area contributed by atoms with E-state index >= 15 is 0 Å². The number of ether oxygens (including phenoxy) is 1. The first-order valence-corrected chi connectivity index (χ1v) is 12.3. The minimum Gasteiger partial charge on any atom is -0.456 e. The Balaban J connectivity index is 1.39. The van der Waals surface area contributed by atoms with E-state index in [0.717, 1.165) is 0 Å². The average molecular weight is 485 g/mol. The van der Waals surface area contributed by atoms with Crippen LogP contribution in [0.25, 0.3) is 0 Å². The van der Waals surface area contributed by atoms with Crippen LogP contribution in [0, 0.1) is 0 Å². The number of amidine groups is 1. The number of rotatable bonds is 6. The van der Waals surface area contributed by atoms with Gasteiger partial charge >= 0.3 is 5.97 Å². The van der Waals surface area contributed by atoms with E-state index in [1.807, 2.05) is 6.92 Å². The SMILES string of the molecule is CCN(C(C)=O)c1nc(COC(=O)c2ccc(NC3=NS(=O)(=O)c4ccccc43)cc2)cs1. The Bertz CT molecular complexity index is 1350. The van der Waals surface area contributed by atoms with Crippen LogP contribution >= 0.6 is 11.3 Å². The summed E-state index contributed by atoms with van der Waals surface area (Å²) in [7, 11) is -3.72. The van der Waals surface area contributed by atoms with Crippen LogP contribution in [-0.4, -0.2) is 37.7 Å². The number of amides is 1. The van der Waals surface area contributed by atoms with E-state index in [1.54, 1.807) is 52.7 Å². The molecule has 0 bridgehead atoms. The third kappa shape index (κ3) is 4.78. The molecule has 3 aromatic rings. The molecular weight excluding hydrogens is 464 g/mol. The number of nitrogens with one attached hydrogen (secondary N) is 1. The summed E-state index contributed by atoms with van der Waals surface area (Å²) in [5.41, 5.74) is 1.96. The molecule has 170 valence electrons. The van der Waals surface area contributed by atoms with Crippen molar-refractivity contribution < 1.29 is 22.7 Å². The minimum absolute atomic E-state index is 0.0176. The zero-order valence-electron chi connectivity index (χ0n) is 17.8. The monoisotopic (exact) mass is 484 g/mol. The fourth-order valence-corrected chi connectivity index (χ4v) is 5.32. The summed E-state index contributed by atoms with van der Waals surface area (Å²) in [6.07, 6.45) is 0. The third-order valence-corrected chi connectivity index (χ3v) is 7.08. The number of carbonyl (C=O) groups excluding carboxylic acids is 2. The zero-order chi connectivity index (χ0) is 23.6. The van der Waals surface area contributed by atoms with E-state index in [9.17, 15) is 18.0 Å². The van der Waals surface area contributed by atoms with Gasteiger partial charge in [-0.2, -0.15) is 8.42 Å². The quantitative estimate of drug-likeness (QED) is 0.533. The van der Waals surface area contributed by atoms with E-state index < -0.39 is 16.0 Å².